The molecule has 0 spiro atoms. The van der Waals surface area contributed by atoms with E-state index in [4.69, 9.17) is 16.0 Å². The molecule has 2 nitrogen and oxygen atoms in total. The molecule has 2 aromatic rings. The van der Waals surface area contributed by atoms with E-state index >= 15 is 0 Å². The zero-order chi connectivity index (χ0) is 11.8. The maximum atomic E-state index is 12.2. The molecule has 1 aliphatic heterocycles. The van der Waals surface area contributed by atoms with Crippen LogP contribution in [0.25, 0.3) is 17.0 Å². The Morgan fingerprint density at radius 1 is 1.35 bits per heavy atom. The highest BCUT2D eigenvalue weighted by Gasteiger charge is 2.19. The minimum atomic E-state index is 0.0265. The van der Waals surface area contributed by atoms with Crippen LogP contribution in [-0.4, -0.2) is 11.1 Å². The van der Waals surface area contributed by atoms with Gasteiger partial charge >= 0.3 is 0 Å². The van der Waals surface area contributed by atoms with Crippen LogP contribution in [-0.2, 0) is 0 Å². The lowest BCUT2D eigenvalue weighted by Crippen LogP contribution is -2.12. The van der Waals surface area contributed by atoms with Crippen LogP contribution in [0.3, 0.4) is 0 Å². The van der Waals surface area contributed by atoms with Crippen LogP contribution in [0.15, 0.2) is 44.6 Å². The summed E-state index contributed by atoms with van der Waals surface area (Å²) in [5.74, 6) is 0.511. The van der Waals surface area contributed by atoms with E-state index in [0.717, 1.165) is 0 Å². The standard InChI is InChI=1S/C13H9ClO2S/c14-7-8-5-6-10-12(15)9-3-1-2-4-11(9)16-13(10)17-8/h1-6,8H,7H2. The highest BCUT2D eigenvalue weighted by molar-refractivity contribution is 8.00. The summed E-state index contributed by atoms with van der Waals surface area (Å²) in [4.78, 5) is 12.2. The molecule has 0 bridgehead atoms. The van der Waals surface area contributed by atoms with Gasteiger partial charge in [0.1, 0.15) is 5.58 Å². The Bertz CT molecular complexity index is 660. The molecule has 2 heterocycles. The fourth-order valence-electron chi connectivity index (χ4n) is 1.83. The molecule has 1 aromatic carbocycles. The zero-order valence-corrected chi connectivity index (χ0v) is 10.4. The molecule has 0 saturated carbocycles. The maximum Gasteiger partial charge on any atom is 0.201 e. The predicted molar refractivity (Wildman–Crippen MR) is 71.9 cm³/mol. The molecule has 0 amide bonds. The van der Waals surface area contributed by atoms with E-state index in [1.54, 1.807) is 6.07 Å². The molecule has 0 fully saturated rings. The van der Waals surface area contributed by atoms with Crippen molar-refractivity contribution in [1.82, 2.24) is 0 Å². The summed E-state index contributed by atoms with van der Waals surface area (Å²) < 4.78 is 5.75. The van der Waals surface area contributed by atoms with Gasteiger partial charge in [0.05, 0.1) is 10.9 Å². The summed E-state index contributed by atoms with van der Waals surface area (Å²) in [6, 6.07) is 7.30. The average molecular weight is 265 g/mol. The van der Waals surface area contributed by atoms with Crippen molar-refractivity contribution in [2.75, 3.05) is 5.88 Å². The number of benzene rings is 1. The summed E-state index contributed by atoms with van der Waals surface area (Å²) in [5, 5.41) is 1.47. The third-order valence-corrected chi connectivity index (χ3v) is 4.35. The van der Waals surface area contributed by atoms with Gasteiger partial charge in [-0.25, -0.2) is 0 Å². The van der Waals surface area contributed by atoms with Gasteiger partial charge in [0, 0.05) is 11.1 Å². The van der Waals surface area contributed by atoms with Crippen molar-refractivity contribution in [3.8, 4) is 0 Å². The Morgan fingerprint density at radius 3 is 3.00 bits per heavy atom. The number of fused-ring (bicyclic) bond motifs is 2. The van der Waals surface area contributed by atoms with Crippen LogP contribution in [0.5, 0.6) is 0 Å². The van der Waals surface area contributed by atoms with Crippen molar-refractivity contribution in [2.24, 2.45) is 0 Å². The van der Waals surface area contributed by atoms with Crippen LogP contribution in [0.2, 0.25) is 0 Å². The molecule has 0 aliphatic carbocycles. The normalized spacial score (nSPS) is 18.3. The first kappa shape index (κ1) is 10.9. The third kappa shape index (κ3) is 1.79. The maximum absolute atomic E-state index is 12.2. The average Bonchev–Trinajstić information content (AvgIpc) is 2.38. The van der Waals surface area contributed by atoms with Crippen molar-refractivity contribution in [1.29, 1.82) is 0 Å². The highest BCUT2D eigenvalue weighted by Crippen LogP contribution is 2.34. The molecular formula is C13H9ClO2S. The van der Waals surface area contributed by atoms with Gasteiger partial charge in [0.2, 0.25) is 5.43 Å². The lowest BCUT2D eigenvalue weighted by atomic mass is 10.1. The number of hydrogen-bond acceptors (Lipinski definition) is 3. The Balaban J connectivity index is 2.28. The zero-order valence-electron chi connectivity index (χ0n) is 8.85. The number of halogens is 1. The first-order chi connectivity index (χ1) is 8.29. The quantitative estimate of drug-likeness (QED) is 0.739. The fraction of sp³-hybridized carbons (Fsp3) is 0.154. The van der Waals surface area contributed by atoms with E-state index in [1.165, 1.54) is 11.8 Å². The number of thioether (sulfide) groups is 1. The van der Waals surface area contributed by atoms with Gasteiger partial charge in [-0.2, -0.15) is 0 Å². The second kappa shape index (κ2) is 4.24. The van der Waals surface area contributed by atoms with Gasteiger partial charge in [0.25, 0.3) is 0 Å². The van der Waals surface area contributed by atoms with Crippen LogP contribution in [0.1, 0.15) is 5.56 Å². The molecule has 1 aliphatic rings. The molecule has 0 N–H and O–H groups in total. The van der Waals surface area contributed by atoms with E-state index < -0.39 is 0 Å². The van der Waals surface area contributed by atoms with E-state index in [0.29, 0.717) is 27.5 Å². The minimum absolute atomic E-state index is 0.0265. The summed E-state index contributed by atoms with van der Waals surface area (Å²) >= 11 is 7.31. The number of hydrogen-bond donors (Lipinski definition) is 0. The summed E-state index contributed by atoms with van der Waals surface area (Å²) in [6.07, 6.45) is 3.77. The Labute approximate surface area is 107 Å². The molecule has 1 atom stereocenters. The fourth-order valence-corrected chi connectivity index (χ4v) is 3.04. The molecule has 86 valence electrons. The van der Waals surface area contributed by atoms with Gasteiger partial charge in [-0.1, -0.05) is 30.0 Å². The Morgan fingerprint density at radius 2 is 2.18 bits per heavy atom. The van der Waals surface area contributed by atoms with E-state index in [-0.39, 0.29) is 10.7 Å². The molecular weight excluding hydrogens is 256 g/mol. The van der Waals surface area contributed by atoms with E-state index in [2.05, 4.69) is 0 Å². The van der Waals surface area contributed by atoms with Gasteiger partial charge < -0.3 is 4.42 Å². The molecule has 1 aromatic heterocycles. The second-order valence-electron chi connectivity index (χ2n) is 3.80. The van der Waals surface area contributed by atoms with Gasteiger partial charge in [-0.3, -0.25) is 4.79 Å². The van der Waals surface area contributed by atoms with Crippen LogP contribution < -0.4 is 5.43 Å². The van der Waals surface area contributed by atoms with E-state index in [1.807, 2.05) is 30.4 Å². The highest BCUT2D eigenvalue weighted by atomic mass is 35.5. The number of rotatable bonds is 1. The van der Waals surface area contributed by atoms with Gasteiger partial charge in [0.15, 0.2) is 5.09 Å². The summed E-state index contributed by atoms with van der Waals surface area (Å²) in [7, 11) is 0. The van der Waals surface area contributed by atoms with Crippen molar-refractivity contribution >= 4 is 40.4 Å². The van der Waals surface area contributed by atoms with Gasteiger partial charge in [-0.15, -0.1) is 11.6 Å². The van der Waals surface area contributed by atoms with Crippen LogP contribution >= 0.6 is 23.4 Å². The molecule has 1 unspecified atom stereocenters. The summed E-state index contributed by atoms with van der Waals surface area (Å²) in [6.45, 7) is 0. The summed E-state index contributed by atoms with van der Waals surface area (Å²) in [5.41, 5.74) is 1.29. The SMILES string of the molecule is O=c1c2c(oc3ccccc13)SC(CCl)C=C2. The van der Waals surface area contributed by atoms with Crippen LogP contribution in [0.4, 0.5) is 0 Å². The molecule has 0 saturated heterocycles. The molecule has 4 heteroatoms. The Kier molecular flexibility index (Phi) is 2.73. The van der Waals surface area contributed by atoms with Gasteiger partial charge in [-0.05, 0) is 18.2 Å². The largest absolute Gasteiger partial charge is 0.449 e. The smallest absolute Gasteiger partial charge is 0.201 e. The molecule has 3 rings (SSSR count). The number of alkyl halides is 1. The predicted octanol–water partition coefficient (Wildman–Crippen LogP) is 3.52. The lowest BCUT2D eigenvalue weighted by molar-refractivity contribution is 0.496. The van der Waals surface area contributed by atoms with Crippen molar-refractivity contribution in [3.63, 3.8) is 0 Å². The van der Waals surface area contributed by atoms with Crippen LogP contribution in [0, 0.1) is 0 Å². The topological polar surface area (TPSA) is 30.2 Å². The molecule has 17 heavy (non-hydrogen) atoms. The number of para-hydroxylation sites is 1. The monoisotopic (exact) mass is 264 g/mol. The van der Waals surface area contributed by atoms with Crippen molar-refractivity contribution in [3.05, 3.63) is 46.1 Å². The molecule has 0 radical (unpaired) electrons. The second-order valence-corrected chi connectivity index (χ2v) is 5.32. The third-order valence-electron chi connectivity index (χ3n) is 2.69. The lowest BCUT2D eigenvalue weighted by Gasteiger charge is -2.15. The van der Waals surface area contributed by atoms with Crippen molar-refractivity contribution in [2.45, 2.75) is 10.3 Å². The Hall–Kier alpha value is -1.19. The minimum Gasteiger partial charge on any atom is -0.449 e. The van der Waals surface area contributed by atoms with E-state index in [9.17, 15) is 4.79 Å². The first-order valence-corrected chi connectivity index (χ1v) is 6.67. The van der Waals surface area contributed by atoms with Crippen molar-refractivity contribution < 1.29 is 4.42 Å². The first-order valence-electron chi connectivity index (χ1n) is 5.26.